The van der Waals surface area contributed by atoms with E-state index < -0.39 is 0 Å². The van der Waals surface area contributed by atoms with E-state index in [4.69, 9.17) is 4.74 Å². The molecular formula is C39H41NO3. The quantitative estimate of drug-likeness (QED) is 0.150. The highest BCUT2D eigenvalue weighted by Crippen LogP contribution is 2.23. The third-order valence-corrected chi connectivity index (χ3v) is 7.49. The van der Waals surface area contributed by atoms with Crippen molar-refractivity contribution in [1.82, 2.24) is 4.90 Å². The molecule has 4 rings (SSSR count). The van der Waals surface area contributed by atoms with Crippen molar-refractivity contribution in [3.05, 3.63) is 142 Å². The van der Waals surface area contributed by atoms with Crippen LogP contribution in [0.4, 0.5) is 0 Å². The molecule has 0 aliphatic heterocycles. The number of amides is 1. The molecule has 0 aromatic heterocycles. The van der Waals surface area contributed by atoms with E-state index in [0.717, 1.165) is 28.7 Å². The number of esters is 1. The summed E-state index contributed by atoms with van der Waals surface area (Å²) in [6.07, 6.45) is 3.50. The molecule has 0 unspecified atom stereocenters. The predicted molar refractivity (Wildman–Crippen MR) is 174 cm³/mol. The van der Waals surface area contributed by atoms with Crippen molar-refractivity contribution in [3.63, 3.8) is 0 Å². The molecule has 0 heterocycles. The first-order valence-corrected chi connectivity index (χ1v) is 14.9. The van der Waals surface area contributed by atoms with Gasteiger partial charge in [-0.2, -0.15) is 0 Å². The van der Waals surface area contributed by atoms with E-state index in [2.05, 4.69) is 63.8 Å². The Hall–Kier alpha value is -4.62. The van der Waals surface area contributed by atoms with E-state index in [1.807, 2.05) is 65.6 Å². The summed E-state index contributed by atoms with van der Waals surface area (Å²) in [5.41, 5.74) is 7.51. The van der Waals surface area contributed by atoms with Crippen molar-refractivity contribution in [1.29, 1.82) is 0 Å². The van der Waals surface area contributed by atoms with Crippen molar-refractivity contribution in [2.75, 3.05) is 7.11 Å². The van der Waals surface area contributed by atoms with Crippen LogP contribution in [0, 0.1) is 11.8 Å². The molecule has 43 heavy (non-hydrogen) atoms. The predicted octanol–water partition coefficient (Wildman–Crippen LogP) is 8.36. The third kappa shape index (κ3) is 8.93. The summed E-state index contributed by atoms with van der Waals surface area (Å²) in [4.78, 5) is 27.5. The molecule has 0 atom stereocenters. The van der Waals surface area contributed by atoms with Crippen LogP contribution in [0.3, 0.4) is 0 Å². The Bertz CT molecular complexity index is 1570. The molecule has 0 saturated carbocycles. The number of carbonyl (C=O) groups is 2. The molecule has 0 radical (unpaired) electrons. The molecule has 4 heteroatoms. The summed E-state index contributed by atoms with van der Waals surface area (Å²) < 4.78 is 4.82. The van der Waals surface area contributed by atoms with Crippen molar-refractivity contribution in [3.8, 4) is 11.8 Å². The Morgan fingerprint density at radius 1 is 0.674 bits per heavy atom. The van der Waals surface area contributed by atoms with Crippen LogP contribution < -0.4 is 0 Å². The normalized spacial score (nSPS) is 10.9. The maximum absolute atomic E-state index is 13.8. The van der Waals surface area contributed by atoms with Gasteiger partial charge in [-0.15, -0.1) is 0 Å². The van der Waals surface area contributed by atoms with Gasteiger partial charge in [0.15, 0.2) is 0 Å². The average molecular weight is 572 g/mol. The number of rotatable bonds is 9. The standard InChI is InChI=1S/C39H41NO3/c1-6-7-8-29-9-11-30(12-10-29)13-14-31-15-17-32(18-16-31)27-40(28-33-19-21-35(22-20-33)38(42)43-5)37(41)34-23-25-36(26-24-34)39(2,3)4/h9-12,15-26H,6-8,27-28H2,1-5H3. The summed E-state index contributed by atoms with van der Waals surface area (Å²) in [6.45, 7) is 9.52. The molecule has 4 nitrogen and oxygen atoms in total. The first kappa shape index (κ1) is 31.3. The van der Waals surface area contributed by atoms with E-state index in [-0.39, 0.29) is 17.3 Å². The summed E-state index contributed by atoms with van der Waals surface area (Å²) in [6, 6.07) is 31.6. The van der Waals surface area contributed by atoms with Crippen molar-refractivity contribution < 1.29 is 14.3 Å². The zero-order valence-corrected chi connectivity index (χ0v) is 25.9. The average Bonchev–Trinajstić information content (AvgIpc) is 3.03. The number of benzene rings is 4. The van der Waals surface area contributed by atoms with Gasteiger partial charge in [-0.1, -0.05) is 94.5 Å². The van der Waals surface area contributed by atoms with Crippen LogP contribution in [0.25, 0.3) is 0 Å². The Morgan fingerprint density at radius 3 is 1.60 bits per heavy atom. The van der Waals surface area contributed by atoms with Gasteiger partial charge in [-0.3, -0.25) is 4.79 Å². The first-order chi connectivity index (χ1) is 20.7. The lowest BCUT2D eigenvalue weighted by atomic mass is 9.86. The Morgan fingerprint density at radius 2 is 1.14 bits per heavy atom. The minimum atomic E-state index is -0.384. The van der Waals surface area contributed by atoms with Gasteiger partial charge < -0.3 is 9.64 Å². The Labute approximate surface area is 256 Å². The fourth-order valence-electron chi connectivity index (χ4n) is 4.77. The first-order valence-electron chi connectivity index (χ1n) is 14.9. The van der Waals surface area contributed by atoms with Gasteiger partial charge in [0.25, 0.3) is 5.91 Å². The maximum atomic E-state index is 13.8. The van der Waals surface area contributed by atoms with Crippen molar-refractivity contribution >= 4 is 11.9 Å². The second kappa shape index (κ2) is 14.5. The zero-order chi connectivity index (χ0) is 30.8. The highest BCUT2D eigenvalue weighted by atomic mass is 16.5. The van der Waals surface area contributed by atoms with Gasteiger partial charge in [-0.25, -0.2) is 4.79 Å². The van der Waals surface area contributed by atoms with Gasteiger partial charge in [-0.05, 0) is 89.0 Å². The lowest BCUT2D eigenvalue weighted by Gasteiger charge is -2.24. The van der Waals surface area contributed by atoms with Gasteiger partial charge in [0, 0.05) is 29.8 Å². The molecule has 0 aliphatic rings. The van der Waals surface area contributed by atoms with Crippen molar-refractivity contribution in [2.24, 2.45) is 0 Å². The maximum Gasteiger partial charge on any atom is 0.337 e. The molecule has 0 fully saturated rings. The van der Waals surface area contributed by atoms with E-state index >= 15 is 0 Å². The number of nitrogens with zero attached hydrogens (tertiary/aromatic N) is 1. The minimum absolute atomic E-state index is 0.00533. The highest BCUT2D eigenvalue weighted by molar-refractivity contribution is 5.94. The van der Waals surface area contributed by atoms with Crippen molar-refractivity contribution in [2.45, 2.75) is 65.5 Å². The van der Waals surface area contributed by atoms with Crippen LogP contribution in [-0.4, -0.2) is 23.9 Å². The lowest BCUT2D eigenvalue weighted by Crippen LogP contribution is -2.30. The van der Waals surface area contributed by atoms with Crippen LogP contribution in [0.15, 0.2) is 97.1 Å². The van der Waals surface area contributed by atoms with Crippen LogP contribution >= 0.6 is 0 Å². The molecule has 0 spiro atoms. The molecule has 0 bridgehead atoms. The molecule has 1 amide bonds. The van der Waals surface area contributed by atoms with Gasteiger partial charge in [0.05, 0.1) is 12.7 Å². The lowest BCUT2D eigenvalue weighted by molar-refractivity contribution is 0.0600. The molecule has 4 aromatic rings. The Balaban J connectivity index is 1.52. The summed E-state index contributed by atoms with van der Waals surface area (Å²) in [5, 5.41) is 0. The Kier molecular flexibility index (Phi) is 10.6. The van der Waals surface area contributed by atoms with Gasteiger partial charge in [0.2, 0.25) is 0 Å². The fraction of sp³-hybridized carbons (Fsp3) is 0.282. The molecule has 4 aromatic carbocycles. The number of carbonyl (C=O) groups excluding carboxylic acids is 2. The van der Waals surface area contributed by atoms with E-state index in [0.29, 0.717) is 24.2 Å². The largest absolute Gasteiger partial charge is 0.465 e. The smallest absolute Gasteiger partial charge is 0.337 e. The van der Waals surface area contributed by atoms with Gasteiger partial charge in [0.1, 0.15) is 0 Å². The van der Waals surface area contributed by atoms with Gasteiger partial charge >= 0.3 is 5.97 Å². The van der Waals surface area contributed by atoms with E-state index in [1.54, 1.807) is 12.1 Å². The SMILES string of the molecule is CCCCc1ccc(C#Cc2ccc(CN(Cc3ccc(C(=O)OC)cc3)C(=O)c3ccc(C(C)(C)C)cc3)cc2)cc1. The molecule has 0 N–H and O–H groups in total. The second-order valence-electron chi connectivity index (χ2n) is 11.9. The minimum Gasteiger partial charge on any atom is -0.465 e. The summed E-state index contributed by atoms with van der Waals surface area (Å²) in [7, 11) is 1.37. The number of unbranched alkanes of at least 4 members (excludes halogenated alkanes) is 1. The van der Waals surface area contributed by atoms with E-state index in [1.165, 1.54) is 31.1 Å². The topological polar surface area (TPSA) is 46.6 Å². The summed E-state index contributed by atoms with van der Waals surface area (Å²) >= 11 is 0. The number of aryl methyl sites for hydroxylation is 1. The second-order valence-corrected chi connectivity index (χ2v) is 11.9. The van der Waals surface area contributed by atoms with Crippen LogP contribution in [0.5, 0.6) is 0 Å². The molecular weight excluding hydrogens is 530 g/mol. The summed E-state index contributed by atoms with van der Waals surface area (Å²) in [5.74, 6) is 6.09. The third-order valence-electron chi connectivity index (χ3n) is 7.49. The van der Waals surface area contributed by atoms with Crippen LogP contribution in [0.2, 0.25) is 0 Å². The number of ether oxygens (including phenoxy) is 1. The highest BCUT2D eigenvalue weighted by Gasteiger charge is 2.19. The molecule has 0 aliphatic carbocycles. The fourth-order valence-corrected chi connectivity index (χ4v) is 4.77. The zero-order valence-electron chi connectivity index (χ0n) is 25.9. The number of hydrogen-bond acceptors (Lipinski definition) is 3. The number of hydrogen-bond donors (Lipinski definition) is 0. The number of methoxy groups -OCH3 is 1. The molecule has 220 valence electrons. The van der Waals surface area contributed by atoms with Crippen LogP contribution in [-0.2, 0) is 29.7 Å². The van der Waals surface area contributed by atoms with E-state index in [9.17, 15) is 9.59 Å². The van der Waals surface area contributed by atoms with Crippen LogP contribution in [0.1, 0.15) is 94.6 Å². The molecule has 0 saturated heterocycles. The monoisotopic (exact) mass is 571 g/mol.